The number of hydrogen-bond donors (Lipinski definition) is 2. The molecule has 0 fully saturated rings. The van der Waals surface area contributed by atoms with Crippen molar-refractivity contribution in [1.29, 1.82) is 0 Å². The Kier molecular flexibility index (Phi) is 4.31. The van der Waals surface area contributed by atoms with Gasteiger partial charge >= 0.3 is 6.18 Å². The number of pyridine rings is 1. The fourth-order valence-electron chi connectivity index (χ4n) is 2.59. The molecule has 2 N–H and O–H groups in total. The van der Waals surface area contributed by atoms with Crippen LogP contribution in [0.15, 0.2) is 30.7 Å². The SMILES string of the molecule is Cc1cc(N[C@@H](c2ccc(C(F)(F)F)nc2)C(C)(C)O)n2ncnc2n1. The Morgan fingerprint density at radius 1 is 1.19 bits per heavy atom. The van der Waals surface area contributed by atoms with Crippen LogP contribution >= 0.6 is 0 Å². The Balaban J connectivity index is 2.00. The van der Waals surface area contributed by atoms with Gasteiger partial charge in [0.2, 0.25) is 0 Å². The summed E-state index contributed by atoms with van der Waals surface area (Å²) >= 11 is 0. The molecule has 1 atom stereocenters. The molecular weight excluding hydrogens is 349 g/mol. The smallest absolute Gasteiger partial charge is 0.388 e. The Morgan fingerprint density at radius 2 is 1.92 bits per heavy atom. The molecular formula is C16H17F3N6O. The van der Waals surface area contributed by atoms with Crippen molar-refractivity contribution in [1.82, 2.24) is 24.6 Å². The summed E-state index contributed by atoms with van der Waals surface area (Å²) in [6, 6.07) is 3.14. The van der Waals surface area contributed by atoms with E-state index >= 15 is 0 Å². The van der Waals surface area contributed by atoms with Crippen molar-refractivity contribution in [3.8, 4) is 0 Å². The first kappa shape index (κ1) is 18.1. The van der Waals surface area contributed by atoms with Crippen molar-refractivity contribution in [2.24, 2.45) is 0 Å². The summed E-state index contributed by atoms with van der Waals surface area (Å²) in [5.74, 6) is 0.865. The third-order valence-corrected chi connectivity index (χ3v) is 3.79. The van der Waals surface area contributed by atoms with Gasteiger partial charge < -0.3 is 10.4 Å². The molecule has 7 nitrogen and oxygen atoms in total. The quantitative estimate of drug-likeness (QED) is 0.738. The highest BCUT2D eigenvalue weighted by Gasteiger charge is 2.34. The van der Waals surface area contributed by atoms with Crippen LogP contribution in [-0.4, -0.2) is 35.3 Å². The number of nitrogens with zero attached hydrogens (tertiary/aromatic N) is 5. The second-order valence-corrected chi connectivity index (χ2v) is 6.46. The third-order valence-electron chi connectivity index (χ3n) is 3.79. The van der Waals surface area contributed by atoms with Gasteiger partial charge in [0.1, 0.15) is 17.8 Å². The van der Waals surface area contributed by atoms with Crippen LogP contribution in [0.3, 0.4) is 0 Å². The van der Waals surface area contributed by atoms with Crippen LogP contribution in [0.2, 0.25) is 0 Å². The molecule has 0 unspecified atom stereocenters. The fraction of sp³-hybridized carbons (Fsp3) is 0.375. The highest BCUT2D eigenvalue weighted by Crippen LogP contribution is 2.32. The maximum atomic E-state index is 12.7. The van der Waals surface area contributed by atoms with Gasteiger partial charge in [0.15, 0.2) is 0 Å². The summed E-state index contributed by atoms with van der Waals surface area (Å²) in [5.41, 5.74) is -1.22. The fourth-order valence-corrected chi connectivity index (χ4v) is 2.59. The van der Waals surface area contributed by atoms with Gasteiger partial charge in [-0.2, -0.15) is 27.8 Å². The third kappa shape index (κ3) is 3.59. The first-order chi connectivity index (χ1) is 12.1. The van der Waals surface area contributed by atoms with Crippen LogP contribution in [0.5, 0.6) is 0 Å². The minimum atomic E-state index is -4.52. The Labute approximate surface area is 146 Å². The highest BCUT2D eigenvalue weighted by molar-refractivity contribution is 5.47. The Hall–Kier alpha value is -2.75. The number of fused-ring (bicyclic) bond motifs is 1. The number of anilines is 1. The van der Waals surface area contributed by atoms with Crippen molar-refractivity contribution >= 4 is 11.6 Å². The molecule has 138 valence electrons. The maximum absolute atomic E-state index is 12.7. The molecule has 0 aromatic carbocycles. The highest BCUT2D eigenvalue weighted by atomic mass is 19.4. The molecule has 0 aliphatic carbocycles. The molecule has 0 amide bonds. The molecule has 0 aliphatic rings. The molecule has 3 aromatic rings. The molecule has 0 aliphatic heterocycles. The van der Waals surface area contributed by atoms with Crippen LogP contribution in [-0.2, 0) is 6.18 Å². The second-order valence-electron chi connectivity index (χ2n) is 6.46. The van der Waals surface area contributed by atoms with E-state index in [9.17, 15) is 18.3 Å². The number of rotatable bonds is 4. The van der Waals surface area contributed by atoms with E-state index in [4.69, 9.17) is 0 Å². The van der Waals surface area contributed by atoms with Gasteiger partial charge in [-0.25, -0.2) is 4.98 Å². The van der Waals surface area contributed by atoms with E-state index in [1.54, 1.807) is 26.8 Å². The summed E-state index contributed by atoms with van der Waals surface area (Å²) in [7, 11) is 0. The first-order valence-corrected chi connectivity index (χ1v) is 7.75. The van der Waals surface area contributed by atoms with Gasteiger partial charge in [-0.05, 0) is 32.4 Å². The predicted molar refractivity (Wildman–Crippen MR) is 87.4 cm³/mol. The largest absolute Gasteiger partial charge is 0.433 e. The van der Waals surface area contributed by atoms with Crippen molar-refractivity contribution in [3.05, 3.63) is 47.7 Å². The second kappa shape index (κ2) is 6.20. The standard InChI is InChI=1S/C16H17F3N6O/c1-9-6-12(25-14(23-9)21-8-22-25)24-13(15(2,3)26)10-4-5-11(20-7-10)16(17,18)19/h4-8,13,24,26H,1-3H3/t13-/m0/s1. The van der Waals surface area contributed by atoms with Crippen molar-refractivity contribution < 1.29 is 18.3 Å². The van der Waals surface area contributed by atoms with Gasteiger partial charge in [-0.3, -0.25) is 4.98 Å². The van der Waals surface area contributed by atoms with Crippen LogP contribution < -0.4 is 5.32 Å². The number of alkyl halides is 3. The number of aryl methyl sites for hydroxylation is 1. The lowest BCUT2D eigenvalue weighted by Gasteiger charge is -2.31. The Morgan fingerprint density at radius 3 is 2.50 bits per heavy atom. The zero-order chi connectivity index (χ0) is 19.1. The molecule has 0 radical (unpaired) electrons. The van der Waals surface area contributed by atoms with E-state index in [1.807, 2.05) is 0 Å². The van der Waals surface area contributed by atoms with Gasteiger partial charge in [-0.15, -0.1) is 0 Å². The molecule has 3 aromatic heterocycles. The summed E-state index contributed by atoms with van der Waals surface area (Å²) < 4.78 is 39.6. The van der Waals surface area contributed by atoms with Crippen molar-refractivity contribution in [3.63, 3.8) is 0 Å². The lowest BCUT2D eigenvalue weighted by atomic mass is 9.92. The molecule has 0 saturated carbocycles. The maximum Gasteiger partial charge on any atom is 0.433 e. The molecule has 0 spiro atoms. The molecule has 26 heavy (non-hydrogen) atoms. The molecule has 3 rings (SSSR count). The van der Waals surface area contributed by atoms with Gasteiger partial charge in [-0.1, -0.05) is 6.07 Å². The lowest BCUT2D eigenvalue weighted by Crippen LogP contribution is -2.35. The van der Waals surface area contributed by atoms with Crippen LogP contribution in [0.4, 0.5) is 19.0 Å². The van der Waals surface area contributed by atoms with E-state index in [2.05, 4.69) is 25.4 Å². The number of nitrogens with one attached hydrogen (secondary N) is 1. The van der Waals surface area contributed by atoms with E-state index in [0.717, 1.165) is 12.3 Å². The zero-order valence-corrected chi connectivity index (χ0v) is 14.3. The number of aromatic nitrogens is 5. The number of aliphatic hydroxyl groups is 1. The summed E-state index contributed by atoms with van der Waals surface area (Å²) in [5, 5.41) is 17.7. The minimum absolute atomic E-state index is 0.368. The normalized spacial score (nSPS) is 13.8. The van der Waals surface area contributed by atoms with Crippen LogP contribution in [0.1, 0.15) is 36.8 Å². The van der Waals surface area contributed by atoms with Gasteiger partial charge in [0.05, 0.1) is 11.6 Å². The number of hydrogen-bond acceptors (Lipinski definition) is 6. The van der Waals surface area contributed by atoms with Gasteiger partial charge in [0, 0.05) is 18.0 Å². The Bertz CT molecular complexity index is 914. The molecule has 10 heteroatoms. The van der Waals surface area contributed by atoms with E-state index in [-0.39, 0.29) is 0 Å². The van der Waals surface area contributed by atoms with E-state index in [0.29, 0.717) is 22.9 Å². The zero-order valence-electron chi connectivity index (χ0n) is 14.3. The average Bonchev–Trinajstić information content (AvgIpc) is 2.99. The molecule has 0 saturated heterocycles. The average molecular weight is 366 g/mol. The van der Waals surface area contributed by atoms with Gasteiger partial charge in [0.25, 0.3) is 5.78 Å². The lowest BCUT2D eigenvalue weighted by molar-refractivity contribution is -0.141. The van der Waals surface area contributed by atoms with Crippen LogP contribution in [0.25, 0.3) is 5.78 Å². The van der Waals surface area contributed by atoms with Crippen LogP contribution in [0, 0.1) is 6.92 Å². The molecule has 3 heterocycles. The van der Waals surface area contributed by atoms with E-state index < -0.39 is 23.5 Å². The summed E-state index contributed by atoms with van der Waals surface area (Å²) in [4.78, 5) is 11.7. The minimum Gasteiger partial charge on any atom is -0.388 e. The van der Waals surface area contributed by atoms with Crippen molar-refractivity contribution in [2.75, 3.05) is 5.32 Å². The summed E-state index contributed by atoms with van der Waals surface area (Å²) in [6.07, 6.45) is -2.08. The number of halogens is 3. The topological polar surface area (TPSA) is 88.2 Å². The monoisotopic (exact) mass is 366 g/mol. The summed E-state index contributed by atoms with van der Waals surface area (Å²) in [6.45, 7) is 4.88. The first-order valence-electron chi connectivity index (χ1n) is 7.75. The van der Waals surface area contributed by atoms with E-state index in [1.165, 1.54) is 16.9 Å². The predicted octanol–water partition coefficient (Wildman–Crippen LogP) is 2.77. The van der Waals surface area contributed by atoms with Crippen molar-refractivity contribution in [2.45, 2.75) is 38.6 Å². The molecule has 0 bridgehead atoms.